The van der Waals surface area contributed by atoms with E-state index in [1.165, 1.54) is 0 Å². The number of carbonyl (C=O) groups excluding carboxylic acids is 1. The van der Waals surface area contributed by atoms with Gasteiger partial charge in [0.1, 0.15) is 17.5 Å². The van der Waals surface area contributed by atoms with Gasteiger partial charge in [0, 0.05) is 32.1 Å². The number of amides is 1. The molecule has 19 heavy (non-hydrogen) atoms. The van der Waals surface area contributed by atoms with Crippen LogP contribution in [-0.2, 0) is 4.79 Å². The lowest BCUT2D eigenvalue weighted by Crippen LogP contribution is -2.29. The fraction of sp³-hybridized carbons (Fsp3) is 0.583. The molecular weight excluding hydrogens is 244 g/mol. The molecule has 0 saturated carbocycles. The molecule has 2 heterocycles. The van der Waals surface area contributed by atoms with Crippen LogP contribution in [0.3, 0.4) is 0 Å². The van der Waals surface area contributed by atoms with Crippen molar-refractivity contribution < 1.29 is 4.79 Å². The number of rotatable bonds is 5. The van der Waals surface area contributed by atoms with E-state index in [2.05, 4.69) is 20.7 Å². The number of hydrazine groups is 1. The van der Waals surface area contributed by atoms with E-state index in [1.54, 1.807) is 13.0 Å². The summed E-state index contributed by atoms with van der Waals surface area (Å²) in [6.45, 7) is 4.15. The summed E-state index contributed by atoms with van der Waals surface area (Å²) in [5.74, 6) is 7.38. The minimum absolute atomic E-state index is 0.202. The largest absolute Gasteiger partial charge is 0.369 e. The van der Waals surface area contributed by atoms with E-state index >= 15 is 0 Å². The monoisotopic (exact) mass is 264 g/mol. The second-order valence-electron chi connectivity index (χ2n) is 4.59. The molecular formula is C12H20N6O. The number of nitrogen functional groups attached to an aromatic ring is 1. The van der Waals surface area contributed by atoms with E-state index in [4.69, 9.17) is 5.84 Å². The van der Waals surface area contributed by atoms with Gasteiger partial charge in [0.2, 0.25) is 5.91 Å². The minimum Gasteiger partial charge on any atom is -0.369 e. The van der Waals surface area contributed by atoms with E-state index in [0.717, 1.165) is 25.9 Å². The van der Waals surface area contributed by atoms with Gasteiger partial charge in [-0.05, 0) is 19.8 Å². The summed E-state index contributed by atoms with van der Waals surface area (Å²) in [5.41, 5.74) is 2.49. The highest BCUT2D eigenvalue weighted by molar-refractivity contribution is 5.76. The molecule has 1 fully saturated rings. The molecule has 0 unspecified atom stereocenters. The van der Waals surface area contributed by atoms with Crippen molar-refractivity contribution >= 4 is 17.5 Å². The highest BCUT2D eigenvalue weighted by atomic mass is 16.2. The van der Waals surface area contributed by atoms with Crippen LogP contribution in [0.15, 0.2) is 6.07 Å². The zero-order valence-electron chi connectivity index (χ0n) is 11.1. The third-order valence-corrected chi connectivity index (χ3v) is 3.09. The van der Waals surface area contributed by atoms with Crippen LogP contribution in [0.1, 0.15) is 25.1 Å². The fourth-order valence-electron chi connectivity index (χ4n) is 2.15. The van der Waals surface area contributed by atoms with Crippen molar-refractivity contribution in [2.24, 2.45) is 5.84 Å². The molecule has 0 atom stereocenters. The van der Waals surface area contributed by atoms with Gasteiger partial charge in [0.05, 0.1) is 0 Å². The van der Waals surface area contributed by atoms with Gasteiger partial charge in [-0.3, -0.25) is 4.79 Å². The maximum atomic E-state index is 11.8. The predicted octanol–water partition coefficient (Wildman–Crippen LogP) is 0.495. The molecule has 7 nitrogen and oxygen atoms in total. The van der Waals surface area contributed by atoms with Gasteiger partial charge in [-0.2, -0.15) is 0 Å². The number of nitrogens with two attached hydrogens (primary N) is 1. The van der Waals surface area contributed by atoms with E-state index in [1.807, 2.05) is 4.90 Å². The lowest BCUT2D eigenvalue weighted by atomic mass is 10.3. The molecule has 0 aliphatic carbocycles. The van der Waals surface area contributed by atoms with Gasteiger partial charge in [-0.1, -0.05) is 0 Å². The summed E-state index contributed by atoms with van der Waals surface area (Å²) < 4.78 is 0. The first-order valence-corrected chi connectivity index (χ1v) is 6.53. The van der Waals surface area contributed by atoms with Crippen LogP contribution in [0.5, 0.6) is 0 Å². The normalized spacial score (nSPS) is 14.5. The molecule has 0 radical (unpaired) electrons. The molecule has 1 saturated heterocycles. The van der Waals surface area contributed by atoms with Crippen LogP contribution in [0.2, 0.25) is 0 Å². The first-order valence-electron chi connectivity index (χ1n) is 6.53. The highest BCUT2D eigenvalue weighted by Gasteiger charge is 2.17. The summed E-state index contributed by atoms with van der Waals surface area (Å²) in [5, 5.41) is 3.12. The van der Waals surface area contributed by atoms with E-state index in [0.29, 0.717) is 30.4 Å². The number of aryl methyl sites for hydroxylation is 1. The van der Waals surface area contributed by atoms with Crippen molar-refractivity contribution in [3.05, 3.63) is 11.9 Å². The van der Waals surface area contributed by atoms with Crippen molar-refractivity contribution in [1.29, 1.82) is 0 Å². The molecule has 2 rings (SSSR count). The van der Waals surface area contributed by atoms with Gasteiger partial charge in [0.25, 0.3) is 0 Å². The highest BCUT2D eigenvalue weighted by Crippen LogP contribution is 2.11. The Morgan fingerprint density at radius 1 is 1.37 bits per heavy atom. The maximum absolute atomic E-state index is 11.8. The molecule has 4 N–H and O–H groups in total. The van der Waals surface area contributed by atoms with Crippen molar-refractivity contribution in [1.82, 2.24) is 14.9 Å². The topological polar surface area (TPSA) is 96.2 Å². The summed E-state index contributed by atoms with van der Waals surface area (Å²) in [4.78, 5) is 22.1. The van der Waals surface area contributed by atoms with E-state index < -0.39 is 0 Å². The Hall–Kier alpha value is -1.89. The van der Waals surface area contributed by atoms with Crippen molar-refractivity contribution in [3.8, 4) is 0 Å². The molecule has 0 bridgehead atoms. The summed E-state index contributed by atoms with van der Waals surface area (Å²) in [7, 11) is 0. The minimum atomic E-state index is 0.202. The molecule has 0 spiro atoms. The fourth-order valence-corrected chi connectivity index (χ4v) is 2.15. The summed E-state index contributed by atoms with van der Waals surface area (Å²) in [6.07, 6.45) is 2.72. The van der Waals surface area contributed by atoms with Crippen LogP contribution in [0.25, 0.3) is 0 Å². The van der Waals surface area contributed by atoms with Gasteiger partial charge < -0.3 is 15.6 Å². The molecule has 104 valence electrons. The van der Waals surface area contributed by atoms with Crippen molar-refractivity contribution in [2.75, 3.05) is 30.4 Å². The molecule has 1 aliphatic heterocycles. The SMILES string of the molecule is Cc1nc(NN)cc(NCCC(=O)N2CCCC2)n1. The Morgan fingerprint density at radius 2 is 2.05 bits per heavy atom. The van der Waals surface area contributed by atoms with Crippen LogP contribution in [-0.4, -0.2) is 40.4 Å². The molecule has 1 aliphatic rings. The number of aromatic nitrogens is 2. The van der Waals surface area contributed by atoms with Crippen molar-refractivity contribution in [2.45, 2.75) is 26.2 Å². The number of hydrogen-bond acceptors (Lipinski definition) is 6. The van der Waals surface area contributed by atoms with Crippen LogP contribution < -0.4 is 16.6 Å². The van der Waals surface area contributed by atoms with Crippen LogP contribution >= 0.6 is 0 Å². The Balaban J connectivity index is 1.81. The summed E-state index contributed by atoms with van der Waals surface area (Å²) in [6, 6.07) is 1.72. The Labute approximate surface area is 112 Å². The first kappa shape index (κ1) is 13.5. The number of hydrogen-bond donors (Lipinski definition) is 3. The first-order chi connectivity index (χ1) is 9.19. The second-order valence-corrected chi connectivity index (χ2v) is 4.59. The molecule has 1 aromatic heterocycles. The maximum Gasteiger partial charge on any atom is 0.224 e. The number of carbonyl (C=O) groups is 1. The number of likely N-dealkylation sites (tertiary alicyclic amines) is 1. The Kier molecular flexibility index (Phi) is 4.51. The molecule has 7 heteroatoms. The number of anilines is 2. The second kappa shape index (κ2) is 6.33. The lowest BCUT2D eigenvalue weighted by molar-refractivity contribution is -0.129. The van der Waals surface area contributed by atoms with E-state index in [9.17, 15) is 4.79 Å². The number of nitrogens with one attached hydrogen (secondary N) is 2. The quantitative estimate of drug-likeness (QED) is 0.529. The smallest absolute Gasteiger partial charge is 0.224 e. The predicted molar refractivity (Wildman–Crippen MR) is 73.5 cm³/mol. The lowest BCUT2D eigenvalue weighted by Gasteiger charge is -2.15. The summed E-state index contributed by atoms with van der Waals surface area (Å²) >= 11 is 0. The van der Waals surface area contributed by atoms with E-state index in [-0.39, 0.29) is 5.91 Å². The van der Waals surface area contributed by atoms with Crippen LogP contribution in [0, 0.1) is 6.92 Å². The van der Waals surface area contributed by atoms with Gasteiger partial charge in [0.15, 0.2) is 0 Å². The van der Waals surface area contributed by atoms with Gasteiger partial charge in [-0.25, -0.2) is 15.8 Å². The Bertz CT molecular complexity index is 444. The van der Waals surface area contributed by atoms with Crippen molar-refractivity contribution in [3.63, 3.8) is 0 Å². The zero-order chi connectivity index (χ0) is 13.7. The zero-order valence-corrected chi connectivity index (χ0v) is 11.1. The average Bonchev–Trinajstić information content (AvgIpc) is 2.92. The molecule has 1 amide bonds. The standard InChI is InChI=1S/C12H20N6O/c1-9-15-10(8-11(16-9)17-13)14-5-4-12(19)18-6-2-3-7-18/h8H,2-7,13H2,1H3,(H2,14,15,16,17). The molecule has 0 aromatic carbocycles. The molecule has 1 aromatic rings. The number of nitrogens with zero attached hydrogens (tertiary/aromatic N) is 3. The van der Waals surface area contributed by atoms with Crippen LogP contribution in [0.4, 0.5) is 11.6 Å². The Morgan fingerprint density at radius 3 is 2.74 bits per heavy atom. The van der Waals surface area contributed by atoms with Gasteiger partial charge >= 0.3 is 0 Å². The average molecular weight is 264 g/mol. The third-order valence-electron chi connectivity index (χ3n) is 3.09. The third kappa shape index (κ3) is 3.78. The van der Waals surface area contributed by atoms with Gasteiger partial charge in [-0.15, -0.1) is 0 Å².